The van der Waals surface area contributed by atoms with Gasteiger partial charge in [-0.25, -0.2) is 4.98 Å². The molecule has 1 aliphatic rings. The van der Waals surface area contributed by atoms with E-state index in [1.54, 1.807) is 11.3 Å². The number of aliphatic imine (C=N–C) groups is 1. The highest BCUT2D eigenvalue weighted by molar-refractivity contribution is 7.11. The van der Waals surface area contributed by atoms with Gasteiger partial charge in [0.05, 0.1) is 17.2 Å². The molecule has 1 fully saturated rings. The fraction of sp³-hybridized carbons (Fsp3) is 0.789. The Morgan fingerprint density at radius 2 is 1.92 bits per heavy atom. The van der Waals surface area contributed by atoms with Crippen LogP contribution in [0.3, 0.4) is 0 Å². The summed E-state index contributed by atoms with van der Waals surface area (Å²) in [5.41, 5.74) is 1.12. The predicted octanol–water partition coefficient (Wildman–Crippen LogP) is 3.18. The van der Waals surface area contributed by atoms with Crippen molar-refractivity contribution in [2.75, 3.05) is 33.2 Å². The lowest BCUT2D eigenvalue weighted by Crippen LogP contribution is -2.40. The molecule has 0 radical (unpaired) electrons. The van der Waals surface area contributed by atoms with E-state index in [0.29, 0.717) is 0 Å². The van der Waals surface area contributed by atoms with Crippen molar-refractivity contribution in [3.63, 3.8) is 0 Å². The number of likely N-dealkylation sites (tertiary alicyclic amines) is 1. The average Bonchev–Trinajstić information content (AvgIpc) is 2.86. The average molecular weight is 366 g/mol. The highest BCUT2D eigenvalue weighted by Gasteiger charge is 2.20. The van der Waals surface area contributed by atoms with Crippen LogP contribution in [-0.4, -0.2) is 49.1 Å². The van der Waals surface area contributed by atoms with Crippen LogP contribution in [0, 0.1) is 25.7 Å². The number of nitrogens with zero attached hydrogens (tertiary/aromatic N) is 3. The Morgan fingerprint density at radius 1 is 1.20 bits per heavy atom. The quantitative estimate of drug-likeness (QED) is 0.443. The molecule has 2 heterocycles. The predicted molar refractivity (Wildman–Crippen MR) is 108 cm³/mol. The largest absolute Gasteiger partial charge is 0.356 e. The van der Waals surface area contributed by atoms with E-state index in [-0.39, 0.29) is 0 Å². The number of aryl methyl sites for hydroxylation is 2. The van der Waals surface area contributed by atoms with Crippen molar-refractivity contribution in [3.8, 4) is 0 Å². The van der Waals surface area contributed by atoms with Crippen molar-refractivity contribution < 1.29 is 0 Å². The molecule has 6 heteroatoms. The summed E-state index contributed by atoms with van der Waals surface area (Å²) in [5, 5.41) is 7.94. The lowest BCUT2D eigenvalue weighted by Gasteiger charge is -2.34. The molecule has 2 atom stereocenters. The van der Waals surface area contributed by atoms with Gasteiger partial charge in [-0.15, -0.1) is 11.3 Å². The Morgan fingerprint density at radius 3 is 2.52 bits per heavy atom. The highest BCUT2D eigenvalue weighted by atomic mass is 32.1. The number of piperidine rings is 1. The van der Waals surface area contributed by atoms with Crippen LogP contribution in [0.1, 0.15) is 48.7 Å². The molecule has 2 rings (SSSR count). The van der Waals surface area contributed by atoms with Crippen molar-refractivity contribution in [2.24, 2.45) is 16.8 Å². The molecule has 0 spiro atoms. The molecule has 0 bridgehead atoms. The van der Waals surface area contributed by atoms with E-state index in [0.717, 1.165) is 41.6 Å². The highest BCUT2D eigenvalue weighted by Crippen LogP contribution is 2.21. The van der Waals surface area contributed by atoms with Crippen LogP contribution in [0.15, 0.2) is 4.99 Å². The minimum atomic E-state index is 0.792. The second-order valence-electron chi connectivity index (χ2n) is 7.51. The van der Waals surface area contributed by atoms with Gasteiger partial charge in [-0.3, -0.25) is 4.99 Å². The summed E-state index contributed by atoms with van der Waals surface area (Å²) in [6, 6.07) is 0. The molecular weight excluding hydrogens is 330 g/mol. The van der Waals surface area contributed by atoms with Gasteiger partial charge in [0.25, 0.3) is 0 Å². The van der Waals surface area contributed by atoms with Crippen LogP contribution in [0.5, 0.6) is 0 Å². The van der Waals surface area contributed by atoms with E-state index in [4.69, 9.17) is 0 Å². The van der Waals surface area contributed by atoms with Gasteiger partial charge >= 0.3 is 0 Å². The maximum Gasteiger partial charge on any atom is 0.191 e. The Labute approximate surface area is 157 Å². The Kier molecular flexibility index (Phi) is 8.16. The molecule has 2 unspecified atom stereocenters. The third kappa shape index (κ3) is 6.94. The summed E-state index contributed by atoms with van der Waals surface area (Å²) in [6.07, 6.45) is 3.81. The third-order valence-electron chi connectivity index (χ3n) is 4.78. The van der Waals surface area contributed by atoms with E-state index in [9.17, 15) is 0 Å². The number of hydrogen-bond acceptors (Lipinski definition) is 4. The zero-order valence-corrected chi connectivity index (χ0v) is 17.4. The summed E-state index contributed by atoms with van der Waals surface area (Å²) in [5.74, 6) is 2.58. The molecule has 1 aromatic rings. The van der Waals surface area contributed by atoms with E-state index in [2.05, 4.69) is 53.2 Å². The number of hydrogen-bond donors (Lipinski definition) is 2. The molecule has 142 valence electrons. The number of thiazole rings is 1. The second kappa shape index (κ2) is 10.1. The van der Waals surface area contributed by atoms with Gasteiger partial charge in [0.15, 0.2) is 5.96 Å². The zero-order chi connectivity index (χ0) is 18.2. The van der Waals surface area contributed by atoms with Gasteiger partial charge in [0.2, 0.25) is 0 Å². The van der Waals surface area contributed by atoms with Crippen LogP contribution in [-0.2, 0) is 6.54 Å². The molecule has 0 aliphatic carbocycles. The van der Waals surface area contributed by atoms with Gasteiger partial charge in [-0.1, -0.05) is 13.8 Å². The number of unbranched alkanes of at least 4 members (excludes halogenated alkanes) is 1. The van der Waals surface area contributed by atoms with Gasteiger partial charge in [-0.2, -0.15) is 0 Å². The van der Waals surface area contributed by atoms with E-state index in [1.807, 2.05) is 7.05 Å². The fourth-order valence-corrected chi connectivity index (χ4v) is 4.64. The van der Waals surface area contributed by atoms with E-state index in [1.165, 1.54) is 43.8 Å². The molecule has 1 saturated heterocycles. The first kappa shape index (κ1) is 20.2. The molecule has 5 nitrogen and oxygen atoms in total. The molecule has 0 saturated carbocycles. The molecule has 0 aromatic carbocycles. The third-order valence-corrected chi connectivity index (χ3v) is 5.85. The molecule has 1 aromatic heterocycles. The van der Waals surface area contributed by atoms with Crippen molar-refractivity contribution >= 4 is 17.3 Å². The van der Waals surface area contributed by atoms with Gasteiger partial charge in [-0.05, 0) is 51.5 Å². The fourth-order valence-electron chi connectivity index (χ4n) is 3.76. The van der Waals surface area contributed by atoms with Crippen LogP contribution in [0.25, 0.3) is 0 Å². The minimum absolute atomic E-state index is 0.792. The molecule has 1 aliphatic heterocycles. The Bertz CT molecular complexity index is 544. The number of aromatic nitrogens is 1. The standard InChI is InChI=1S/C19H35N5S/c1-14-10-15(2)13-24(12-14)9-7-6-8-21-19(20-5)22-11-18-16(3)23-17(4)25-18/h14-15H,6-13H2,1-5H3,(H2,20,21,22). The monoisotopic (exact) mass is 365 g/mol. The maximum atomic E-state index is 4.47. The van der Waals surface area contributed by atoms with E-state index < -0.39 is 0 Å². The van der Waals surface area contributed by atoms with Gasteiger partial charge in [0.1, 0.15) is 0 Å². The molecule has 2 N–H and O–H groups in total. The van der Waals surface area contributed by atoms with Crippen molar-refractivity contribution in [2.45, 2.75) is 53.5 Å². The van der Waals surface area contributed by atoms with Crippen LogP contribution in [0.2, 0.25) is 0 Å². The SMILES string of the molecule is CN=C(NCCCCN1CC(C)CC(C)C1)NCc1sc(C)nc1C. The number of nitrogens with one attached hydrogen (secondary N) is 2. The lowest BCUT2D eigenvalue weighted by molar-refractivity contribution is 0.139. The van der Waals surface area contributed by atoms with Crippen molar-refractivity contribution in [1.29, 1.82) is 0 Å². The smallest absolute Gasteiger partial charge is 0.191 e. The molecule has 0 amide bonds. The number of rotatable bonds is 7. The zero-order valence-electron chi connectivity index (χ0n) is 16.6. The normalized spacial score (nSPS) is 22.2. The van der Waals surface area contributed by atoms with Crippen molar-refractivity contribution in [1.82, 2.24) is 20.5 Å². The van der Waals surface area contributed by atoms with Crippen LogP contribution >= 0.6 is 11.3 Å². The summed E-state index contributed by atoms with van der Waals surface area (Å²) < 4.78 is 0. The number of guanidine groups is 1. The molecule has 25 heavy (non-hydrogen) atoms. The lowest BCUT2D eigenvalue weighted by atomic mass is 9.92. The first-order chi connectivity index (χ1) is 12.0. The van der Waals surface area contributed by atoms with E-state index >= 15 is 0 Å². The Hall–Kier alpha value is -1.14. The Balaban J connectivity index is 1.60. The first-order valence-corrected chi connectivity index (χ1v) is 10.4. The first-order valence-electron chi connectivity index (χ1n) is 9.57. The van der Waals surface area contributed by atoms with Gasteiger partial charge in [0, 0.05) is 31.6 Å². The topological polar surface area (TPSA) is 52.6 Å². The van der Waals surface area contributed by atoms with Gasteiger partial charge < -0.3 is 15.5 Å². The second-order valence-corrected chi connectivity index (χ2v) is 8.79. The van der Waals surface area contributed by atoms with Crippen LogP contribution in [0.4, 0.5) is 0 Å². The summed E-state index contributed by atoms with van der Waals surface area (Å²) >= 11 is 1.75. The van der Waals surface area contributed by atoms with Crippen LogP contribution < -0.4 is 10.6 Å². The summed E-state index contributed by atoms with van der Waals surface area (Å²) in [6.45, 7) is 14.4. The minimum Gasteiger partial charge on any atom is -0.356 e. The van der Waals surface area contributed by atoms with Crippen molar-refractivity contribution in [3.05, 3.63) is 15.6 Å². The molecular formula is C19H35N5S. The summed E-state index contributed by atoms with van der Waals surface area (Å²) in [4.78, 5) is 12.7. The maximum absolute atomic E-state index is 4.47. The summed E-state index contributed by atoms with van der Waals surface area (Å²) in [7, 11) is 1.83.